The Balaban J connectivity index is 1.88. The van der Waals surface area contributed by atoms with Crippen LogP contribution in [0.1, 0.15) is 30.2 Å². The minimum atomic E-state index is -0.312. The minimum Gasteiger partial charge on any atom is -0.388 e. The van der Waals surface area contributed by atoms with Gasteiger partial charge in [-0.05, 0) is 25.3 Å². The molecular weight excluding hydrogens is 242 g/mol. The van der Waals surface area contributed by atoms with E-state index in [0.29, 0.717) is 6.61 Å². The third kappa shape index (κ3) is 2.31. The van der Waals surface area contributed by atoms with Crippen LogP contribution in [-0.4, -0.2) is 33.2 Å². The predicted octanol–water partition coefficient (Wildman–Crippen LogP) is 1.69. The molecule has 102 valence electrons. The second kappa shape index (κ2) is 5.19. The van der Waals surface area contributed by atoms with E-state index in [1.807, 2.05) is 29.3 Å². The van der Waals surface area contributed by atoms with Crippen LogP contribution in [0.25, 0.3) is 5.69 Å². The molecule has 3 rings (SSSR count). The normalized spacial score (nSPS) is 18.5. The molecule has 1 atom stereocenters. The summed E-state index contributed by atoms with van der Waals surface area (Å²) in [6.07, 6.45) is 8.50. The fourth-order valence-corrected chi connectivity index (χ4v) is 2.69. The van der Waals surface area contributed by atoms with Crippen LogP contribution in [-0.2, 0) is 17.7 Å². The molecule has 0 fully saturated rings. The van der Waals surface area contributed by atoms with E-state index in [0.717, 1.165) is 37.1 Å². The number of hydrogen-bond acceptors (Lipinski definition) is 3. The van der Waals surface area contributed by atoms with Crippen molar-refractivity contribution in [2.24, 2.45) is 0 Å². The summed E-state index contributed by atoms with van der Waals surface area (Å²) in [5.41, 5.74) is 3.33. The number of aliphatic hydroxyl groups is 1. The number of nitrogens with zero attached hydrogens (tertiary/aromatic N) is 3. The van der Waals surface area contributed by atoms with Crippen LogP contribution in [0.5, 0.6) is 0 Å². The summed E-state index contributed by atoms with van der Waals surface area (Å²) < 4.78 is 9.06. The first-order valence-corrected chi connectivity index (χ1v) is 6.69. The fourth-order valence-electron chi connectivity index (χ4n) is 2.69. The van der Waals surface area contributed by atoms with Gasteiger partial charge in [-0.1, -0.05) is 0 Å². The van der Waals surface area contributed by atoms with E-state index in [2.05, 4.69) is 9.67 Å². The molecule has 5 heteroatoms. The monoisotopic (exact) mass is 261 g/mol. The molecule has 2 aromatic heterocycles. The van der Waals surface area contributed by atoms with Crippen LogP contribution in [0.2, 0.25) is 0 Å². The Morgan fingerprint density at radius 1 is 1.53 bits per heavy atom. The fraction of sp³-hybridized carbons (Fsp3) is 0.500. The lowest BCUT2D eigenvalue weighted by molar-refractivity contribution is 0.156. The maximum atomic E-state index is 9.99. The maximum absolute atomic E-state index is 9.99. The van der Waals surface area contributed by atoms with Crippen molar-refractivity contribution in [1.82, 2.24) is 14.3 Å². The van der Waals surface area contributed by atoms with Crippen molar-refractivity contribution in [3.63, 3.8) is 0 Å². The zero-order valence-corrected chi connectivity index (χ0v) is 11.1. The number of hydrogen-bond donors (Lipinski definition) is 1. The Morgan fingerprint density at radius 3 is 3.26 bits per heavy atom. The molecule has 1 aliphatic carbocycles. The van der Waals surface area contributed by atoms with Crippen molar-refractivity contribution in [2.45, 2.75) is 31.9 Å². The summed E-state index contributed by atoms with van der Waals surface area (Å²) in [4.78, 5) is 0. The Kier molecular flexibility index (Phi) is 3.40. The van der Waals surface area contributed by atoms with E-state index in [1.165, 1.54) is 5.69 Å². The smallest absolute Gasteiger partial charge is 0.0835 e. The molecule has 1 N–H and O–H groups in total. The lowest BCUT2D eigenvalue weighted by Gasteiger charge is -2.19. The molecule has 1 aliphatic rings. The summed E-state index contributed by atoms with van der Waals surface area (Å²) in [5, 5.41) is 14.3. The summed E-state index contributed by atoms with van der Waals surface area (Å²) >= 11 is 0. The van der Waals surface area contributed by atoms with E-state index in [9.17, 15) is 5.11 Å². The summed E-state index contributed by atoms with van der Waals surface area (Å²) in [5.74, 6) is 0. The largest absolute Gasteiger partial charge is 0.388 e. The molecule has 19 heavy (non-hydrogen) atoms. The van der Waals surface area contributed by atoms with Crippen molar-refractivity contribution >= 4 is 0 Å². The van der Waals surface area contributed by atoms with E-state index in [-0.39, 0.29) is 6.10 Å². The Labute approximate surface area is 112 Å². The van der Waals surface area contributed by atoms with Gasteiger partial charge in [0.05, 0.1) is 31.1 Å². The van der Waals surface area contributed by atoms with Crippen LogP contribution in [0, 0.1) is 0 Å². The van der Waals surface area contributed by atoms with E-state index < -0.39 is 0 Å². The summed E-state index contributed by atoms with van der Waals surface area (Å²) in [6.45, 7) is 1.41. The third-order valence-corrected chi connectivity index (χ3v) is 3.70. The molecule has 0 saturated carbocycles. The highest BCUT2D eigenvalue weighted by Gasteiger charge is 2.21. The van der Waals surface area contributed by atoms with E-state index in [1.54, 1.807) is 7.11 Å². The molecule has 0 aliphatic heterocycles. The van der Waals surface area contributed by atoms with Crippen LogP contribution < -0.4 is 0 Å². The molecule has 0 saturated heterocycles. The van der Waals surface area contributed by atoms with Crippen LogP contribution in [0.15, 0.2) is 24.7 Å². The summed E-state index contributed by atoms with van der Waals surface area (Å²) in [7, 11) is 1.69. The molecular formula is C14H19N3O2. The van der Waals surface area contributed by atoms with Gasteiger partial charge in [-0.2, -0.15) is 5.10 Å². The van der Waals surface area contributed by atoms with Gasteiger partial charge in [0.15, 0.2) is 0 Å². The molecule has 0 amide bonds. The van der Waals surface area contributed by atoms with Crippen LogP contribution in [0.4, 0.5) is 0 Å². The van der Waals surface area contributed by atoms with Crippen molar-refractivity contribution < 1.29 is 9.84 Å². The second-order valence-corrected chi connectivity index (χ2v) is 4.95. The highest BCUT2D eigenvalue weighted by atomic mass is 16.5. The number of ether oxygens (including phenoxy) is 1. The van der Waals surface area contributed by atoms with Gasteiger partial charge in [0.25, 0.3) is 0 Å². The zero-order valence-electron chi connectivity index (χ0n) is 11.1. The van der Waals surface area contributed by atoms with Gasteiger partial charge < -0.3 is 14.4 Å². The van der Waals surface area contributed by atoms with Crippen molar-refractivity contribution in [1.29, 1.82) is 0 Å². The summed E-state index contributed by atoms with van der Waals surface area (Å²) in [6, 6.07) is 2.02. The first-order valence-electron chi connectivity index (χ1n) is 6.69. The van der Waals surface area contributed by atoms with Gasteiger partial charge in [0.1, 0.15) is 0 Å². The number of aliphatic hydroxyl groups excluding tert-OH is 1. The number of rotatable bonds is 4. The molecule has 2 heterocycles. The van der Waals surface area contributed by atoms with Gasteiger partial charge in [-0.25, -0.2) is 0 Å². The van der Waals surface area contributed by atoms with Gasteiger partial charge >= 0.3 is 0 Å². The Bertz CT molecular complexity index is 559. The topological polar surface area (TPSA) is 52.2 Å². The highest BCUT2D eigenvalue weighted by molar-refractivity contribution is 5.37. The van der Waals surface area contributed by atoms with E-state index >= 15 is 0 Å². The number of fused-ring (bicyclic) bond motifs is 1. The molecule has 0 spiro atoms. The average molecular weight is 261 g/mol. The van der Waals surface area contributed by atoms with Crippen molar-refractivity contribution in [3.05, 3.63) is 35.9 Å². The molecule has 0 aromatic carbocycles. The lowest BCUT2D eigenvalue weighted by Crippen LogP contribution is -2.10. The van der Waals surface area contributed by atoms with Gasteiger partial charge in [-0.15, -0.1) is 0 Å². The molecule has 0 radical (unpaired) electrons. The number of methoxy groups -OCH3 is 1. The molecule has 2 aromatic rings. The van der Waals surface area contributed by atoms with E-state index in [4.69, 9.17) is 4.74 Å². The molecule has 0 bridgehead atoms. The predicted molar refractivity (Wildman–Crippen MR) is 71.3 cm³/mol. The third-order valence-electron chi connectivity index (χ3n) is 3.70. The Hall–Kier alpha value is -1.59. The minimum absolute atomic E-state index is 0.312. The zero-order chi connectivity index (χ0) is 13.2. The standard InChI is InChI=1S/C14H19N3O2/c1-19-8-7-16-10-11(9-15-16)17-6-5-12-13(17)3-2-4-14(12)18/h5-6,9-10,14,18H,2-4,7-8H2,1H3. The Morgan fingerprint density at radius 2 is 2.42 bits per heavy atom. The van der Waals surface area contributed by atoms with Crippen LogP contribution >= 0.6 is 0 Å². The maximum Gasteiger partial charge on any atom is 0.0835 e. The van der Waals surface area contributed by atoms with Gasteiger partial charge in [0.2, 0.25) is 0 Å². The van der Waals surface area contributed by atoms with Crippen molar-refractivity contribution in [2.75, 3.05) is 13.7 Å². The lowest BCUT2D eigenvalue weighted by atomic mass is 9.95. The first-order chi connectivity index (χ1) is 9.29. The van der Waals surface area contributed by atoms with Crippen LogP contribution in [0.3, 0.4) is 0 Å². The molecule has 1 unspecified atom stereocenters. The SMILES string of the molecule is COCCn1cc(-n2ccc3c2CCCC3O)cn1. The number of aromatic nitrogens is 3. The first kappa shape index (κ1) is 12.4. The second-order valence-electron chi connectivity index (χ2n) is 4.95. The van der Waals surface area contributed by atoms with Gasteiger partial charge in [0, 0.05) is 30.8 Å². The average Bonchev–Trinajstić information content (AvgIpc) is 3.02. The van der Waals surface area contributed by atoms with Crippen molar-refractivity contribution in [3.8, 4) is 5.69 Å². The van der Waals surface area contributed by atoms with Gasteiger partial charge in [-0.3, -0.25) is 4.68 Å². The quantitative estimate of drug-likeness (QED) is 0.911. The molecule has 5 nitrogen and oxygen atoms in total. The highest BCUT2D eigenvalue weighted by Crippen LogP contribution is 2.31.